The van der Waals surface area contributed by atoms with Crippen molar-refractivity contribution in [3.05, 3.63) is 69.7 Å². The Morgan fingerprint density at radius 3 is 2.05 bits per heavy atom. The van der Waals surface area contributed by atoms with Gasteiger partial charge >= 0.3 is 0 Å². The summed E-state index contributed by atoms with van der Waals surface area (Å²) in [5.74, 6) is 0. The number of hydrogen-bond donors (Lipinski definition) is 2. The number of rotatable bonds is 4. The Morgan fingerprint density at radius 2 is 1.41 bits per heavy atom. The maximum Gasteiger partial charge on any atom is 0.127 e. The molecule has 1 aliphatic rings. The molecular weight excluding hydrogens is 336 g/mol. The second-order valence-corrected chi connectivity index (χ2v) is 7.28. The Hall–Kier alpha value is -1.16. The van der Waals surface area contributed by atoms with Crippen LogP contribution in [0.15, 0.2) is 53.0 Å². The molecule has 116 valence electrons. The number of aryl methyl sites for hydroxylation is 1. The number of benzene rings is 2. The maximum absolute atomic E-state index is 3.67. The van der Waals surface area contributed by atoms with E-state index in [0.717, 1.165) is 6.54 Å². The third-order valence-corrected chi connectivity index (χ3v) is 5.41. The van der Waals surface area contributed by atoms with E-state index in [1.807, 2.05) is 0 Å². The van der Waals surface area contributed by atoms with Crippen LogP contribution in [0.25, 0.3) is 0 Å². The Kier molecular flexibility index (Phi) is 5.29. The van der Waals surface area contributed by atoms with Crippen molar-refractivity contribution in [2.45, 2.75) is 20.0 Å². The highest BCUT2D eigenvalue weighted by Gasteiger charge is 2.23. The Bertz CT molecular complexity index is 601. The molecule has 0 bridgehead atoms. The fourth-order valence-electron chi connectivity index (χ4n) is 3.22. The molecule has 2 N–H and O–H groups in total. The van der Waals surface area contributed by atoms with E-state index < -0.39 is 0 Å². The van der Waals surface area contributed by atoms with Gasteiger partial charge in [-0.1, -0.05) is 64.0 Å². The highest BCUT2D eigenvalue weighted by molar-refractivity contribution is 9.10. The molecule has 0 radical (unpaired) electrons. The molecule has 0 saturated carbocycles. The zero-order chi connectivity index (χ0) is 15.4. The van der Waals surface area contributed by atoms with E-state index in [-0.39, 0.29) is 0 Å². The van der Waals surface area contributed by atoms with E-state index in [9.17, 15) is 0 Å². The van der Waals surface area contributed by atoms with Crippen molar-refractivity contribution in [3.8, 4) is 0 Å². The third-order valence-electron chi connectivity index (χ3n) is 4.64. The maximum atomic E-state index is 3.67. The molecule has 22 heavy (non-hydrogen) atoms. The van der Waals surface area contributed by atoms with Crippen molar-refractivity contribution in [1.82, 2.24) is 0 Å². The quantitative estimate of drug-likeness (QED) is 0.811. The smallest absolute Gasteiger partial charge is 0.127 e. The molecule has 1 fully saturated rings. The summed E-state index contributed by atoms with van der Waals surface area (Å²) in [5, 5.41) is 0. The van der Waals surface area contributed by atoms with Gasteiger partial charge in [0, 0.05) is 15.6 Å². The second-order valence-electron chi connectivity index (χ2n) is 6.43. The van der Waals surface area contributed by atoms with Crippen LogP contribution in [-0.2, 0) is 13.1 Å². The van der Waals surface area contributed by atoms with Gasteiger partial charge in [0.25, 0.3) is 0 Å². The van der Waals surface area contributed by atoms with Gasteiger partial charge in [-0.25, -0.2) is 0 Å². The summed E-state index contributed by atoms with van der Waals surface area (Å²) in [5.41, 5.74) is 4.25. The summed E-state index contributed by atoms with van der Waals surface area (Å²) in [6.45, 7) is 9.54. The van der Waals surface area contributed by atoms with E-state index in [4.69, 9.17) is 0 Å². The number of hydrogen-bond acceptors (Lipinski definition) is 0. The highest BCUT2D eigenvalue weighted by Crippen LogP contribution is 2.14. The standard InChI is InChI=1S/C19H23BrN2/c1-16-6-8-17(9-7-16)14-21-10-12-22(13-11-21)15-18-4-2-3-5-19(18)20/h2-9H,10-15H2,1H3/p+2. The molecule has 0 spiro atoms. The molecule has 2 aromatic rings. The van der Waals surface area contributed by atoms with Crippen molar-refractivity contribution in [1.29, 1.82) is 0 Å². The molecule has 1 heterocycles. The van der Waals surface area contributed by atoms with Crippen LogP contribution in [0.5, 0.6) is 0 Å². The van der Waals surface area contributed by atoms with Gasteiger partial charge < -0.3 is 9.80 Å². The molecule has 3 rings (SSSR count). The Labute approximate surface area is 141 Å². The highest BCUT2D eigenvalue weighted by atomic mass is 79.9. The summed E-state index contributed by atoms with van der Waals surface area (Å²) < 4.78 is 1.25. The van der Waals surface area contributed by atoms with Gasteiger partial charge in [0.15, 0.2) is 0 Å². The minimum absolute atomic E-state index is 1.14. The lowest BCUT2D eigenvalue weighted by Gasteiger charge is -2.30. The van der Waals surface area contributed by atoms with Gasteiger partial charge in [0.1, 0.15) is 39.3 Å². The van der Waals surface area contributed by atoms with Crippen LogP contribution in [0.2, 0.25) is 0 Å². The van der Waals surface area contributed by atoms with Crippen LogP contribution < -0.4 is 9.80 Å². The van der Waals surface area contributed by atoms with Crippen LogP contribution >= 0.6 is 15.9 Å². The SMILES string of the molecule is Cc1ccc(C[NH+]2CC[NH+](Cc3ccccc3Br)CC2)cc1. The molecule has 0 aromatic heterocycles. The molecule has 2 aromatic carbocycles. The monoisotopic (exact) mass is 360 g/mol. The lowest BCUT2D eigenvalue weighted by atomic mass is 10.1. The first-order valence-corrected chi connectivity index (χ1v) is 8.96. The number of halogens is 1. The van der Waals surface area contributed by atoms with Crippen LogP contribution in [0.4, 0.5) is 0 Å². The zero-order valence-electron chi connectivity index (χ0n) is 13.2. The topological polar surface area (TPSA) is 8.88 Å². The largest absolute Gasteiger partial charge is 0.322 e. The summed E-state index contributed by atoms with van der Waals surface area (Å²) in [4.78, 5) is 3.43. The van der Waals surface area contributed by atoms with Crippen LogP contribution in [0.3, 0.4) is 0 Å². The molecular formula is C19H25BrN2+2. The van der Waals surface area contributed by atoms with Crippen molar-refractivity contribution in [2.24, 2.45) is 0 Å². The molecule has 1 aliphatic heterocycles. The van der Waals surface area contributed by atoms with Crippen LogP contribution in [0, 0.1) is 6.92 Å². The Morgan fingerprint density at radius 1 is 0.818 bits per heavy atom. The predicted molar refractivity (Wildman–Crippen MR) is 94.1 cm³/mol. The Balaban J connectivity index is 1.50. The number of quaternary nitrogens is 2. The predicted octanol–water partition coefficient (Wildman–Crippen LogP) is 1.24. The lowest BCUT2D eigenvalue weighted by molar-refractivity contribution is -1.02. The fourth-order valence-corrected chi connectivity index (χ4v) is 3.64. The van der Waals surface area contributed by atoms with Crippen LogP contribution in [0.1, 0.15) is 16.7 Å². The van der Waals surface area contributed by atoms with E-state index in [1.165, 1.54) is 53.9 Å². The summed E-state index contributed by atoms with van der Waals surface area (Å²) in [6.07, 6.45) is 0. The van der Waals surface area contributed by atoms with E-state index >= 15 is 0 Å². The average Bonchev–Trinajstić information content (AvgIpc) is 2.54. The number of nitrogens with one attached hydrogen (secondary N) is 2. The molecule has 0 aliphatic carbocycles. The van der Waals surface area contributed by atoms with Crippen molar-refractivity contribution in [3.63, 3.8) is 0 Å². The first kappa shape index (κ1) is 15.7. The van der Waals surface area contributed by atoms with E-state index in [2.05, 4.69) is 71.4 Å². The van der Waals surface area contributed by atoms with Crippen molar-refractivity contribution < 1.29 is 9.80 Å². The molecule has 3 heteroatoms. The summed E-state index contributed by atoms with van der Waals surface area (Å²) in [7, 11) is 0. The molecule has 1 saturated heterocycles. The number of piperazine rings is 1. The average molecular weight is 361 g/mol. The fraction of sp³-hybridized carbons (Fsp3) is 0.368. The van der Waals surface area contributed by atoms with Gasteiger partial charge in [0.05, 0.1) is 0 Å². The second kappa shape index (κ2) is 7.40. The van der Waals surface area contributed by atoms with Crippen LogP contribution in [-0.4, -0.2) is 26.2 Å². The van der Waals surface area contributed by atoms with Gasteiger partial charge in [-0.05, 0) is 13.0 Å². The van der Waals surface area contributed by atoms with Gasteiger partial charge in [-0.3, -0.25) is 0 Å². The minimum Gasteiger partial charge on any atom is -0.322 e. The van der Waals surface area contributed by atoms with Gasteiger partial charge in [-0.2, -0.15) is 0 Å². The van der Waals surface area contributed by atoms with Gasteiger partial charge in [-0.15, -0.1) is 0 Å². The van der Waals surface area contributed by atoms with E-state index in [1.54, 1.807) is 9.80 Å². The summed E-state index contributed by atoms with van der Waals surface area (Å²) in [6, 6.07) is 17.6. The lowest BCUT2D eigenvalue weighted by Crippen LogP contribution is -3.27. The van der Waals surface area contributed by atoms with Crippen molar-refractivity contribution >= 4 is 15.9 Å². The molecule has 0 atom stereocenters. The zero-order valence-corrected chi connectivity index (χ0v) is 14.8. The van der Waals surface area contributed by atoms with E-state index in [0.29, 0.717) is 0 Å². The molecule has 2 nitrogen and oxygen atoms in total. The van der Waals surface area contributed by atoms with Gasteiger partial charge in [0.2, 0.25) is 0 Å². The molecule has 0 unspecified atom stereocenters. The normalized spacial score (nSPS) is 21.7. The first-order valence-electron chi connectivity index (χ1n) is 8.17. The minimum atomic E-state index is 1.14. The third kappa shape index (κ3) is 4.19. The first-order chi connectivity index (χ1) is 10.7. The molecule has 0 amide bonds. The van der Waals surface area contributed by atoms with Crippen molar-refractivity contribution in [2.75, 3.05) is 26.2 Å². The summed E-state index contributed by atoms with van der Waals surface area (Å²) >= 11 is 3.67.